The van der Waals surface area contributed by atoms with Crippen LogP contribution in [0.15, 0.2) is 67.0 Å². The maximum atomic E-state index is 12.5. The van der Waals surface area contributed by atoms with Crippen LogP contribution in [0.1, 0.15) is 15.9 Å². The number of hydrogen-bond acceptors (Lipinski definition) is 6. The number of nitrogens with one attached hydrogen (secondary N) is 1. The lowest BCUT2D eigenvalue weighted by Crippen LogP contribution is -2.30. The molecule has 1 aromatic heterocycles. The van der Waals surface area contributed by atoms with Crippen molar-refractivity contribution >= 4 is 29.1 Å². The Kier molecular flexibility index (Phi) is 6.49. The van der Waals surface area contributed by atoms with E-state index in [1.165, 1.54) is 19.1 Å². The molecule has 8 nitrogen and oxygen atoms in total. The molecule has 0 fully saturated rings. The number of nitrogen functional groups attached to an aromatic ring is 1. The molecule has 0 saturated heterocycles. The predicted octanol–water partition coefficient (Wildman–Crippen LogP) is 3.70. The average Bonchev–Trinajstić information content (AvgIpc) is 2.78. The summed E-state index contributed by atoms with van der Waals surface area (Å²) in [6.45, 7) is 0.231. The van der Waals surface area contributed by atoms with Crippen molar-refractivity contribution in [3.63, 3.8) is 0 Å². The second-order valence-electron chi connectivity index (χ2n) is 6.38. The summed E-state index contributed by atoms with van der Waals surface area (Å²) >= 11 is 0. The molecule has 0 spiro atoms. The maximum absolute atomic E-state index is 12.5. The minimum Gasteiger partial charge on any atom is -0.495 e. The Labute approximate surface area is 174 Å². The SMILES string of the molecule is COC(=O)N(Cc1ccc(C(=O)Nc2ccccc2N)cc1)c1cncc(OC)c1. The van der Waals surface area contributed by atoms with Gasteiger partial charge in [-0.3, -0.25) is 14.7 Å². The number of nitrogens with zero attached hydrogens (tertiary/aromatic N) is 2. The van der Waals surface area contributed by atoms with Gasteiger partial charge in [0.05, 0.1) is 50.2 Å². The lowest BCUT2D eigenvalue weighted by Gasteiger charge is -2.21. The second-order valence-corrected chi connectivity index (χ2v) is 6.38. The van der Waals surface area contributed by atoms with E-state index >= 15 is 0 Å². The van der Waals surface area contributed by atoms with E-state index in [2.05, 4.69) is 10.3 Å². The number of rotatable bonds is 6. The Morgan fingerprint density at radius 3 is 2.47 bits per heavy atom. The highest BCUT2D eigenvalue weighted by atomic mass is 16.5. The third kappa shape index (κ3) is 4.85. The van der Waals surface area contributed by atoms with Crippen LogP contribution in [0.2, 0.25) is 0 Å². The predicted molar refractivity (Wildman–Crippen MR) is 115 cm³/mol. The van der Waals surface area contributed by atoms with Gasteiger partial charge in [-0.15, -0.1) is 0 Å². The molecule has 0 atom stereocenters. The highest BCUT2D eigenvalue weighted by Crippen LogP contribution is 2.23. The highest BCUT2D eigenvalue weighted by molar-refractivity contribution is 6.05. The number of anilines is 3. The molecule has 154 valence electrons. The molecular formula is C22H22N4O4. The van der Waals surface area contributed by atoms with Gasteiger partial charge in [0.15, 0.2) is 0 Å². The lowest BCUT2D eigenvalue weighted by molar-refractivity contribution is 0.102. The molecule has 8 heteroatoms. The minimum atomic E-state index is -0.536. The zero-order chi connectivity index (χ0) is 21.5. The number of methoxy groups -OCH3 is 2. The van der Waals surface area contributed by atoms with E-state index in [1.807, 2.05) is 0 Å². The number of nitrogens with two attached hydrogens (primary N) is 1. The molecule has 0 aliphatic rings. The van der Waals surface area contributed by atoms with Crippen molar-refractivity contribution in [2.24, 2.45) is 0 Å². The van der Waals surface area contributed by atoms with Crippen LogP contribution >= 0.6 is 0 Å². The van der Waals surface area contributed by atoms with Crippen molar-refractivity contribution < 1.29 is 19.1 Å². The number of carbonyl (C=O) groups is 2. The quantitative estimate of drug-likeness (QED) is 0.605. The van der Waals surface area contributed by atoms with E-state index in [9.17, 15) is 9.59 Å². The van der Waals surface area contributed by atoms with E-state index in [0.717, 1.165) is 5.56 Å². The van der Waals surface area contributed by atoms with Crippen molar-refractivity contribution in [3.05, 3.63) is 78.1 Å². The Morgan fingerprint density at radius 1 is 1.07 bits per heavy atom. The smallest absolute Gasteiger partial charge is 0.414 e. The first-order chi connectivity index (χ1) is 14.5. The first-order valence-electron chi connectivity index (χ1n) is 9.11. The summed E-state index contributed by atoms with van der Waals surface area (Å²) in [6.07, 6.45) is 2.56. The van der Waals surface area contributed by atoms with Crippen LogP contribution < -0.4 is 20.7 Å². The van der Waals surface area contributed by atoms with Crippen LogP contribution in [0, 0.1) is 0 Å². The zero-order valence-corrected chi connectivity index (χ0v) is 16.7. The van der Waals surface area contributed by atoms with Crippen molar-refractivity contribution in [2.75, 3.05) is 30.2 Å². The Balaban J connectivity index is 1.76. The van der Waals surface area contributed by atoms with Gasteiger partial charge in [-0.05, 0) is 29.8 Å². The third-order valence-electron chi connectivity index (χ3n) is 4.41. The number of carbonyl (C=O) groups excluding carboxylic acids is 2. The van der Waals surface area contributed by atoms with Crippen LogP contribution in [0.5, 0.6) is 5.75 Å². The molecule has 1 heterocycles. The van der Waals surface area contributed by atoms with Gasteiger partial charge in [0.25, 0.3) is 5.91 Å². The maximum Gasteiger partial charge on any atom is 0.414 e. The molecular weight excluding hydrogens is 384 g/mol. The first-order valence-corrected chi connectivity index (χ1v) is 9.11. The number of hydrogen-bond donors (Lipinski definition) is 2. The summed E-state index contributed by atoms with van der Waals surface area (Å²) in [7, 11) is 2.84. The fourth-order valence-corrected chi connectivity index (χ4v) is 2.79. The third-order valence-corrected chi connectivity index (χ3v) is 4.41. The molecule has 0 radical (unpaired) electrons. The molecule has 2 amide bonds. The van der Waals surface area contributed by atoms with E-state index in [1.54, 1.807) is 67.0 Å². The van der Waals surface area contributed by atoms with Crippen LogP contribution in [0.4, 0.5) is 21.9 Å². The number of benzene rings is 2. The van der Waals surface area contributed by atoms with Gasteiger partial charge < -0.3 is 20.5 Å². The molecule has 0 saturated carbocycles. The number of pyridine rings is 1. The summed E-state index contributed by atoms with van der Waals surface area (Å²) in [5.41, 5.74) is 8.71. The Bertz CT molecular complexity index is 1040. The fraction of sp³-hybridized carbons (Fsp3) is 0.136. The largest absolute Gasteiger partial charge is 0.495 e. The fourth-order valence-electron chi connectivity index (χ4n) is 2.79. The molecule has 3 aromatic rings. The summed E-state index contributed by atoms with van der Waals surface area (Å²) in [6, 6.07) is 15.6. The number of ether oxygens (including phenoxy) is 2. The lowest BCUT2D eigenvalue weighted by atomic mass is 10.1. The zero-order valence-electron chi connectivity index (χ0n) is 16.7. The summed E-state index contributed by atoms with van der Waals surface area (Å²) in [4.78, 5) is 30.3. The van der Waals surface area contributed by atoms with Gasteiger partial charge in [-0.2, -0.15) is 0 Å². The van der Waals surface area contributed by atoms with Crippen LogP contribution in [-0.2, 0) is 11.3 Å². The average molecular weight is 406 g/mol. The van der Waals surface area contributed by atoms with Crippen LogP contribution in [0.3, 0.4) is 0 Å². The van der Waals surface area contributed by atoms with E-state index < -0.39 is 6.09 Å². The minimum absolute atomic E-state index is 0.231. The second kappa shape index (κ2) is 9.42. The van der Waals surface area contributed by atoms with E-state index in [0.29, 0.717) is 28.4 Å². The van der Waals surface area contributed by atoms with Gasteiger partial charge in [0.1, 0.15) is 5.75 Å². The van der Waals surface area contributed by atoms with Gasteiger partial charge in [0.2, 0.25) is 0 Å². The molecule has 0 aliphatic carbocycles. The van der Waals surface area contributed by atoms with Gasteiger partial charge in [0, 0.05) is 11.6 Å². The van der Waals surface area contributed by atoms with Gasteiger partial charge in [-0.1, -0.05) is 24.3 Å². The summed E-state index contributed by atoms with van der Waals surface area (Å²) in [5.74, 6) is 0.245. The van der Waals surface area contributed by atoms with Crippen molar-refractivity contribution in [2.45, 2.75) is 6.54 Å². The molecule has 2 aromatic carbocycles. The first kappa shape index (κ1) is 20.7. The normalized spacial score (nSPS) is 10.2. The summed E-state index contributed by atoms with van der Waals surface area (Å²) < 4.78 is 10.1. The van der Waals surface area contributed by atoms with Gasteiger partial charge in [-0.25, -0.2) is 4.79 Å². The summed E-state index contributed by atoms with van der Waals surface area (Å²) in [5, 5.41) is 2.78. The highest BCUT2D eigenvalue weighted by Gasteiger charge is 2.18. The van der Waals surface area contributed by atoms with Crippen molar-refractivity contribution in [3.8, 4) is 5.75 Å². The van der Waals surface area contributed by atoms with Crippen LogP contribution in [-0.4, -0.2) is 31.2 Å². The van der Waals surface area contributed by atoms with E-state index in [-0.39, 0.29) is 12.5 Å². The van der Waals surface area contributed by atoms with Crippen LogP contribution in [0.25, 0.3) is 0 Å². The standard InChI is InChI=1S/C22H22N4O4/c1-29-18-11-17(12-24-13-18)26(22(28)30-2)14-15-7-9-16(10-8-15)21(27)25-20-6-4-3-5-19(20)23/h3-13H,14,23H2,1-2H3,(H,25,27). The molecule has 3 rings (SSSR count). The molecule has 0 unspecified atom stereocenters. The molecule has 0 bridgehead atoms. The topological polar surface area (TPSA) is 107 Å². The number of para-hydroxylation sites is 2. The number of amides is 2. The number of aromatic nitrogens is 1. The van der Waals surface area contributed by atoms with E-state index in [4.69, 9.17) is 15.2 Å². The molecule has 30 heavy (non-hydrogen) atoms. The van der Waals surface area contributed by atoms with Crippen molar-refractivity contribution in [1.29, 1.82) is 0 Å². The molecule has 3 N–H and O–H groups in total. The van der Waals surface area contributed by atoms with Crippen molar-refractivity contribution in [1.82, 2.24) is 4.98 Å². The Hall–Kier alpha value is -4.07. The monoisotopic (exact) mass is 406 g/mol. The van der Waals surface area contributed by atoms with Gasteiger partial charge >= 0.3 is 6.09 Å². The Morgan fingerprint density at radius 2 is 1.80 bits per heavy atom. The molecule has 0 aliphatic heterocycles.